The van der Waals surface area contributed by atoms with E-state index in [0.29, 0.717) is 25.1 Å². The Bertz CT molecular complexity index is 791. The van der Waals surface area contributed by atoms with E-state index in [1.54, 1.807) is 29.3 Å². The van der Waals surface area contributed by atoms with E-state index in [4.69, 9.17) is 0 Å². The third-order valence-electron chi connectivity index (χ3n) is 4.20. The van der Waals surface area contributed by atoms with Gasteiger partial charge in [0.25, 0.3) is 5.91 Å². The Labute approximate surface area is 139 Å². The fourth-order valence-corrected chi connectivity index (χ4v) is 2.85. The third kappa shape index (κ3) is 3.37. The number of aromatic nitrogens is 1. The van der Waals surface area contributed by atoms with Crippen LogP contribution in [0.1, 0.15) is 23.7 Å². The molecule has 2 amide bonds. The quantitative estimate of drug-likeness (QED) is 0.891. The Morgan fingerprint density at radius 3 is 2.46 bits per heavy atom. The summed E-state index contributed by atoms with van der Waals surface area (Å²) in [5.41, 5.74) is 2.19. The summed E-state index contributed by atoms with van der Waals surface area (Å²) < 4.78 is 0. The zero-order chi connectivity index (χ0) is 17.1. The van der Waals surface area contributed by atoms with Crippen LogP contribution in [0.3, 0.4) is 0 Å². The van der Waals surface area contributed by atoms with Crippen LogP contribution in [0.15, 0.2) is 47.4 Å². The normalized spacial score (nSPS) is 17.1. The molecule has 0 bridgehead atoms. The van der Waals surface area contributed by atoms with E-state index < -0.39 is 0 Å². The molecule has 0 radical (unpaired) electrons. The molecule has 6 nitrogen and oxygen atoms in total. The van der Waals surface area contributed by atoms with Crippen molar-refractivity contribution in [1.82, 2.24) is 15.2 Å². The molecule has 1 atom stereocenters. The first-order valence-electron chi connectivity index (χ1n) is 7.94. The molecule has 124 valence electrons. The fourth-order valence-electron chi connectivity index (χ4n) is 2.85. The van der Waals surface area contributed by atoms with Crippen molar-refractivity contribution in [3.8, 4) is 11.1 Å². The molecular weight excluding hydrogens is 306 g/mol. The number of benzene rings is 1. The van der Waals surface area contributed by atoms with Gasteiger partial charge in [-0.1, -0.05) is 12.1 Å². The summed E-state index contributed by atoms with van der Waals surface area (Å²) in [5, 5.41) is 2.91. The molecule has 1 aromatic carbocycles. The number of aromatic amines is 1. The summed E-state index contributed by atoms with van der Waals surface area (Å²) in [6.07, 6.45) is 2.00. The summed E-state index contributed by atoms with van der Waals surface area (Å²) in [6, 6.07) is 10.2. The van der Waals surface area contributed by atoms with Crippen molar-refractivity contribution in [2.45, 2.75) is 19.4 Å². The van der Waals surface area contributed by atoms with Gasteiger partial charge < -0.3 is 15.2 Å². The minimum absolute atomic E-state index is 0.0798. The van der Waals surface area contributed by atoms with Crippen molar-refractivity contribution in [2.75, 3.05) is 13.1 Å². The van der Waals surface area contributed by atoms with Crippen LogP contribution < -0.4 is 10.9 Å². The zero-order valence-electron chi connectivity index (χ0n) is 13.4. The highest BCUT2D eigenvalue weighted by atomic mass is 16.2. The van der Waals surface area contributed by atoms with Crippen LogP contribution in [0.4, 0.5) is 0 Å². The molecule has 1 fully saturated rings. The van der Waals surface area contributed by atoms with Gasteiger partial charge in [0.2, 0.25) is 11.5 Å². The molecule has 6 heteroatoms. The van der Waals surface area contributed by atoms with Crippen LogP contribution in [-0.2, 0) is 4.79 Å². The molecule has 2 aromatic rings. The van der Waals surface area contributed by atoms with Crippen molar-refractivity contribution < 1.29 is 9.59 Å². The van der Waals surface area contributed by atoms with Gasteiger partial charge in [-0.05, 0) is 36.2 Å². The Kier molecular flexibility index (Phi) is 4.46. The van der Waals surface area contributed by atoms with E-state index in [2.05, 4.69) is 10.3 Å². The van der Waals surface area contributed by atoms with Gasteiger partial charge in [0, 0.05) is 37.3 Å². The lowest BCUT2D eigenvalue weighted by Gasteiger charge is -2.14. The van der Waals surface area contributed by atoms with E-state index in [1.807, 2.05) is 19.1 Å². The number of likely N-dealkylation sites (tertiary alicyclic amines) is 1. The SMILES string of the molecule is CCN1CC(NC(=O)c2ccc(-c3ccc(=O)[nH]c3)cc2)CC1=O. The molecule has 2 heterocycles. The van der Waals surface area contributed by atoms with Crippen LogP contribution in [0.2, 0.25) is 0 Å². The summed E-state index contributed by atoms with van der Waals surface area (Å²) in [7, 11) is 0. The monoisotopic (exact) mass is 325 g/mol. The number of nitrogens with zero attached hydrogens (tertiary/aromatic N) is 1. The lowest BCUT2D eigenvalue weighted by Crippen LogP contribution is -2.37. The maximum absolute atomic E-state index is 12.3. The molecule has 24 heavy (non-hydrogen) atoms. The summed E-state index contributed by atoms with van der Waals surface area (Å²) >= 11 is 0. The van der Waals surface area contributed by atoms with E-state index in [9.17, 15) is 14.4 Å². The Morgan fingerprint density at radius 2 is 1.88 bits per heavy atom. The first-order chi connectivity index (χ1) is 11.6. The molecule has 2 N–H and O–H groups in total. The van der Waals surface area contributed by atoms with Crippen molar-refractivity contribution in [3.05, 3.63) is 58.5 Å². The topological polar surface area (TPSA) is 82.3 Å². The average Bonchev–Trinajstić information content (AvgIpc) is 2.95. The highest BCUT2D eigenvalue weighted by Crippen LogP contribution is 2.18. The number of likely N-dealkylation sites (N-methyl/N-ethyl adjacent to an activating group) is 1. The van der Waals surface area contributed by atoms with Gasteiger partial charge >= 0.3 is 0 Å². The molecule has 0 spiro atoms. The number of carbonyl (C=O) groups excluding carboxylic acids is 2. The van der Waals surface area contributed by atoms with E-state index in [-0.39, 0.29) is 23.4 Å². The second kappa shape index (κ2) is 6.70. The Balaban J connectivity index is 1.67. The van der Waals surface area contributed by atoms with Crippen LogP contribution in [0.5, 0.6) is 0 Å². The molecule has 1 saturated heterocycles. The number of H-pyrrole nitrogens is 1. The zero-order valence-corrected chi connectivity index (χ0v) is 13.4. The Morgan fingerprint density at radius 1 is 1.17 bits per heavy atom. The lowest BCUT2D eigenvalue weighted by atomic mass is 10.1. The molecule has 0 saturated carbocycles. The van der Waals surface area contributed by atoms with Crippen molar-refractivity contribution in [1.29, 1.82) is 0 Å². The number of rotatable bonds is 4. The molecule has 1 aliphatic heterocycles. The summed E-state index contributed by atoms with van der Waals surface area (Å²) in [5.74, 6) is -0.102. The van der Waals surface area contributed by atoms with Crippen LogP contribution in [-0.4, -0.2) is 40.8 Å². The predicted octanol–water partition coefficient (Wildman–Crippen LogP) is 1.39. The summed E-state index contributed by atoms with van der Waals surface area (Å²) in [4.78, 5) is 39.5. The van der Waals surface area contributed by atoms with E-state index >= 15 is 0 Å². The fraction of sp³-hybridized carbons (Fsp3) is 0.278. The highest BCUT2D eigenvalue weighted by Gasteiger charge is 2.29. The van der Waals surface area contributed by atoms with Crippen LogP contribution in [0.25, 0.3) is 11.1 Å². The van der Waals surface area contributed by atoms with E-state index in [0.717, 1.165) is 11.1 Å². The minimum Gasteiger partial charge on any atom is -0.347 e. The van der Waals surface area contributed by atoms with Gasteiger partial charge in [-0.3, -0.25) is 14.4 Å². The molecule has 0 aliphatic carbocycles. The van der Waals surface area contributed by atoms with Gasteiger partial charge in [0.05, 0.1) is 6.04 Å². The lowest BCUT2D eigenvalue weighted by molar-refractivity contribution is -0.127. The number of amides is 2. The Hall–Kier alpha value is -2.89. The number of hydrogen-bond acceptors (Lipinski definition) is 3. The third-order valence-corrected chi connectivity index (χ3v) is 4.20. The molecule has 1 unspecified atom stereocenters. The number of pyridine rings is 1. The maximum Gasteiger partial charge on any atom is 0.251 e. The van der Waals surface area contributed by atoms with Gasteiger partial charge in [0.15, 0.2) is 0 Å². The number of hydrogen-bond donors (Lipinski definition) is 2. The first-order valence-corrected chi connectivity index (χ1v) is 7.94. The van der Waals surface area contributed by atoms with Crippen molar-refractivity contribution in [2.24, 2.45) is 0 Å². The van der Waals surface area contributed by atoms with Gasteiger partial charge in [-0.15, -0.1) is 0 Å². The second-order valence-corrected chi connectivity index (χ2v) is 5.83. The molecule has 3 rings (SSSR count). The highest BCUT2D eigenvalue weighted by molar-refractivity contribution is 5.95. The standard InChI is InChI=1S/C18H19N3O3/c1-2-21-11-15(9-17(21)23)20-18(24)13-5-3-12(4-6-13)14-7-8-16(22)19-10-14/h3-8,10,15H,2,9,11H2,1H3,(H,19,22)(H,20,24). The van der Waals surface area contributed by atoms with Crippen LogP contribution >= 0.6 is 0 Å². The largest absolute Gasteiger partial charge is 0.347 e. The van der Waals surface area contributed by atoms with Crippen molar-refractivity contribution >= 4 is 11.8 Å². The second-order valence-electron chi connectivity index (χ2n) is 5.83. The number of nitrogens with one attached hydrogen (secondary N) is 2. The maximum atomic E-state index is 12.3. The predicted molar refractivity (Wildman–Crippen MR) is 90.6 cm³/mol. The summed E-state index contributed by atoms with van der Waals surface area (Å²) in [6.45, 7) is 3.16. The van der Waals surface area contributed by atoms with Gasteiger partial charge in [-0.25, -0.2) is 0 Å². The smallest absolute Gasteiger partial charge is 0.251 e. The molecular formula is C18H19N3O3. The number of carbonyl (C=O) groups is 2. The van der Waals surface area contributed by atoms with Gasteiger partial charge in [0.1, 0.15) is 0 Å². The first kappa shape index (κ1) is 16.0. The average molecular weight is 325 g/mol. The van der Waals surface area contributed by atoms with E-state index in [1.165, 1.54) is 6.07 Å². The van der Waals surface area contributed by atoms with Crippen molar-refractivity contribution in [3.63, 3.8) is 0 Å². The molecule has 1 aliphatic rings. The minimum atomic E-state index is -0.182. The van der Waals surface area contributed by atoms with Gasteiger partial charge in [-0.2, -0.15) is 0 Å². The molecule has 1 aromatic heterocycles. The van der Waals surface area contributed by atoms with Crippen LogP contribution in [0, 0.1) is 0 Å².